The lowest BCUT2D eigenvalue weighted by atomic mass is 9.91. The van der Waals surface area contributed by atoms with E-state index in [1.165, 1.54) is 0 Å². The van der Waals surface area contributed by atoms with Crippen molar-refractivity contribution in [3.63, 3.8) is 0 Å². The molecule has 0 amide bonds. The Hall–Kier alpha value is -3.73. The van der Waals surface area contributed by atoms with Gasteiger partial charge in [0.1, 0.15) is 30.3 Å². The van der Waals surface area contributed by atoms with E-state index in [1.807, 2.05) is 54.6 Å². The minimum atomic E-state index is -0.230. The number of benzene rings is 3. The van der Waals surface area contributed by atoms with Crippen LogP contribution < -0.4 is 4.74 Å². The van der Waals surface area contributed by atoms with Crippen molar-refractivity contribution in [2.45, 2.75) is 12.5 Å². The Kier molecular flexibility index (Phi) is 5.47. The molecule has 0 bridgehead atoms. The van der Waals surface area contributed by atoms with Gasteiger partial charge in [-0.2, -0.15) is 0 Å². The van der Waals surface area contributed by atoms with Gasteiger partial charge in [-0.3, -0.25) is 4.79 Å². The summed E-state index contributed by atoms with van der Waals surface area (Å²) in [7, 11) is 0. The number of furan rings is 1. The van der Waals surface area contributed by atoms with Gasteiger partial charge in [-0.1, -0.05) is 42.5 Å². The zero-order valence-corrected chi connectivity index (χ0v) is 15.7. The van der Waals surface area contributed by atoms with E-state index >= 15 is 0 Å². The first kappa shape index (κ1) is 18.6. The van der Waals surface area contributed by atoms with E-state index in [4.69, 9.17) is 13.9 Å². The third-order valence-corrected chi connectivity index (χ3v) is 4.82. The van der Waals surface area contributed by atoms with Gasteiger partial charge in [0.2, 0.25) is 0 Å². The Bertz CT molecular complexity index is 1080. The molecule has 1 aromatic heterocycles. The minimum Gasteiger partial charge on any atom is -0.508 e. The Labute approximate surface area is 168 Å². The highest BCUT2D eigenvalue weighted by Gasteiger charge is 2.20. The van der Waals surface area contributed by atoms with Crippen LogP contribution in [0.1, 0.15) is 22.6 Å². The van der Waals surface area contributed by atoms with Crippen LogP contribution in [-0.4, -0.2) is 18.2 Å². The monoisotopic (exact) mass is 388 g/mol. The highest BCUT2D eigenvalue weighted by molar-refractivity contribution is 5.83. The van der Waals surface area contributed by atoms with Crippen molar-refractivity contribution >= 4 is 17.4 Å². The van der Waals surface area contributed by atoms with E-state index in [9.17, 15) is 9.90 Å². The molecule has 1 unspecified atom stereocenters. The SMILES string of the molecule is O=COCC(c1ccc(OCc2ccccc2)cc1)c1coc2ccc(O)cc12. The molecule has 0 radical (unpaired) electrons. The van der Waals surface area contributed by atoms with E-state index in [1.54, 1.807) is 24.5 Å². The van der Waals surface area contributed by atoms with Crippen molar-refractivity contribution in [1.82, 2.24) is 0 Å². The fourth-order valence-corrected chi connectivity index (χ4v) is 3.34. The summed E-state index contributed by atoms with van der Waals surface area (Å²) in [6.45, 7) is 1.09. The summed E-state index contributed by atoms with van der Waals surface area (Å²) in [5, 5.41) is 10.6. The van der Waals surface area contributed by atoms with Gasteiger partial charge in [0.25, 0.3) is 6.47 Å². The number of rotatable bonds is 8. The minimum absolute atomic E-state index is 0.153. The molecule has 4 aromatic rings. The number of fused-ring (bicyclic) bond motifs is 1. The van der Waals surface area contributed by atoms with Gasteiger partial charge in [0, 0.05) is 16.9 Å². The van der Waals surface area contributed by atoms with Crippen LogP contribution in [0.3, 0.4) is 0 Å². The average molecular weight is 388 g/mol. The van der Waals surface area contributed by atoms with E-state index in [0.717, 1.165) is 27.8 Å². The zero-order valence-electron chi connectivity index (χ0n) is 15.7. The van der Waals surface area contributed by atoms with E-state index in [0.29, 0.717) is 18.7 Å². The summed E-state index contributed by atoms with van der Waals surface area (Å²) in [5.41, 5.74) is 3.55. The van der Waals surface area contributed by atoms with Crippen LogP contribution in [0.4, 0.5) is 0 Å². The fourth-order valence-electron chi connectivity index (χ4n) is 3.34. The van der Waals surface area contributed by atoms with Crippen molar-refractivity contribution in [3.8, 4) is 11.5 Å². The maximum absolute atomic E-state index is 10.8. The van der Waals surface area contributed by atoms with Crippen LogP contribution in [0.25, 0.3) is 11.0 Å². The van der Waals surface area contributed by atoms with E-state index in [2.05, 4.69) is 0 Å². The second-order valence-electron chi connectivity index (χ2n) is 6.70. The van der Waals surface area contributed by atoms with Crippen molar-refractivity contribution < 1.29 is 23.8 Å². The molecule has 0 aliphatic rings. The maximum atomic E-state index is 10.8. The summed E-state index contributed by atoms with van der Waals surface area (Å²) < 4.78 is 16.5. The number of carbonyl (C=O) groups is 1. The van der Waals surface area contributed by atoms with Crippen molar-refractivity contribution in [2.75, 3.05) is 6.61 Å². The molecule has 0 aliphatic carbocycles. The van der Waals surface area contributed by atoms with Crippen LogP contribution >= 0.6 is 0 Å². The number of phenols is 1. The van der Waals surface area contributed by atoms with Crippen LogP contribution in [-0.2, 0) is 16.1 Å². The lowest BCUT2D eigenvalue weighted by Gasteiger charge is -2.16. The molecule has 1 atom stereocenters. The first-order chi connectivity index (χ1) is 14.2. The zero-order chi connectivity index (χ0) is 20.1. The number of ether oxygens (including phenoxy) is 2. The number of hydrogen-bond donors (Lipinski definition) is 1. The first-order valence-corrected chi connectivity index (χ1v) is 9.26. The Morgan fingerprint density at radius 1 is 1.00 bits per heavy atom. The largest absolute Gasteiger partial charge is 0.508 e. The van der Waals surface area contributed by atoms with Gasteiger partial charge in [-0.25, -0.2) is 0 Å². The molecule has 5 heteroatoms. The summed E-state index contributed by atoms with van der Waals surface area (Å²) in [5.74, 6) is 0.675. The molecule has 0 spiro atoms. The highest BCUT2D eigenvalue weighted by atomic mass is 16.5. The number of aromatic hydroxyl groups is 1. The topological polar surface area (TPSA) is 68.9 Å². The Morgan fingerprint density at radius 2 is 1.79 bits per heavy atom. The number of phenolic OH excluding ortho intramolecular Hbond substituents is 1. The summed E-state index contributed by atoms with van der Waals surface area (Å²) in [6.07, 6.45) is 1.64. The third kappa shape index (κ3) is 4.24. The molecule has 4 rings (SSSR count). The molecule has 1 N–H and O–H groups in total. The third-order valence-electron chi connectivity index (χ3n) is 4.82. The van der Waals surface area contributed by atoms with E-state index in [-0.39, 0.29) is 18.3 Å². The van der Waals surface area contributed by atoms with Gasteiger partial charge in [-0.05, 0) is 41.5 Å². The van der Waals surface area contributed by atoms with Crippen molar-refractivity contribution in [2.24, 2.45) is 0 Å². The molecule has 0 saturated carbocycles. The normalized spacial score (nSPS) is 11.9. The van der Waals surface area contributed by atoms with Crippen LogP contribution in [0.5, 0.6) is 11.5 Å². The Morgan fingerprint density at radius 3 is 2.55 bits per heavy atom. The van der Waals surface area contributed by atoms with Gasteiger partial charge in [0.05, 0.1) is 6.26 Å². The van der Waals surface area contributed by atoms with Crippen LogP contribution in [0, 0.1) is 0 Å². The van der Waals surface area contributed by atoms with Crippen molar-refractivity contribution in [1.29, 1.82) is 0 Å². The van der Waals surface area contributed by atoms with Gasteiger partial charge >= 0.3 is 0 Å². The van der Waals surface area contributed by atoms with Crippen LogP contribution in [0.15, 0.2) is 83.5 Å². The molecule has 5 nitrogen and oxygen atoms in total. The summed E-state index contributed by atoms with van der Waals surface area (Å²) in [6, 6.07) is 22.6. The van der Waals surface area contributed by atoms with Gasteiger partial charge in [0.15, 0.2) is 0 Å². The number of carbonyl (C=O) groups excluding carboxylic acids is 1. The predicted molar refractivity (Wildman–Crippen MR) is 109 cm³/mol. The molecular weight excluding hydrogens is 368 g/mol. The van der Waals surface area contributed by atoms with Crippen LogP contribution in [0.2, 0.25) is 0 Å². The smallest absolute Gasteiger partial charge is 0.293 e. The second-order valence-corrected chi connectivity index (χ2v) is 6.70. The quantitative estimate of drug-likeness (QED) is 0.429. The molecule has 0 fully saturated rings. The average Bonchev–Trinajstić information content (AvgIpc) is 3.17. The van der Waals surface area contributed by atoms with Gasteiger partial charge < -0.3 is 19.0 Å². The Balaban J connectivity index is 1.58. The molecule has 146 valence electrons. The lowest BCUT2D eigenvalue weighted by molar-refractivity contribution is -0.128. The van der Waals surface area contributed by atoms with E-state index < -0.39 is 0 Å². The van der Waals surface area contributed by atoms with Crippen molar-refractivity contribution in [3.05, 3.63) is 95.7 Å². The van der Waals surface area contributed by atoms with Gasteiger partial charge in [-0.15, -0.1) is 0 Å². The summed E-state index contributed by atoms with van der Waals surface area (Å²) >= 11 is 0. The molecule has 0 aliphatic heterocycles. The molecule has 3 aromatic carbocycles. The maximum Gasteiger partial charge on any atom is 0.293 e. The first-order valence-electron chi connectivity index (χ1n) is 9.26. The second kappa shape index (κ2) is 8.52. The molecule has 29 heavy (non-hydrogen) atoms. The molecule has 0 saturated heterocycles. The highest BCUT2D eigenvalue weighted by Crippen LogP contribution is 2.35. The standard InChI is InChI=1S/C24H20O5/c25-16-27-14-22(23-15-29-24-11-8-19(26)12-21(23)24)18-6-9-20(10-7-18)28-13-17-4-2-1-3-5-17/h1-12,15-16,22,26H,13-14H2. The predicted octanol–water partition coefficient (Wildman–Crippen LogP) is 5.02. The lowest BCUT2D eigenvalue weighted by Crippen LogP contribution is -2.09. The summed E-state index contributed by atoms with van der Waals surface area (Å²) in [4.78, 5) is 10.8. The fraction of sp³-hybridized carbons (Fsp3) is 0.125. The molecular formula is C24H20O5. The number of hydrogen-bond acceptors (Lipinski definition) is 5. The molecule has 1 heterocycles.